The summed E-state index contributed by atoms with van der Waals surface area (Å²) in [7, 11) is 0. The molecule has 1 atom stereocenters. The van der Waals surface area contributed by atoms with Crippen molar-refractivity contribution in [3.63, 3.8) is 0 Å². The summed E-state index contributed by atoms with van der Waals surface area (Å²) >= 11 is 0. The van der Waals surface area contributed by atoms with Gasteiger partial charge >= 0.3 is 5.97 Å². The molecule has 106 valence electrons. The smallest absolute Gasteiger partial charge is 0.329 e. The fourth-order valence-electron chi connectivity index (χ4n) is 3.08. The van der Waals surface area contributed by atoms with Gasteiger partial charge in [-0.05, 0) is 37.8 Å². The zero-order valence-corrected chi connectivity index (χ0v) is 11.9. The van der Waals surface area contributed by atoms with Gasteiger partial charge in [0.1, 0.15) is 17.4 Å². The Labute approximate surface area is 118 Å². The highest BCUT2D eigenvalue weighted by atomic mass is 16.4. The first-order valence-corrected chi connectivity index (χ1v) is 6.93. The predicted octanol–water partition coefficient (Wildman–Crippen LogP) is 2.49. The molecular formula is C15H19N3O2. The van der Waals surface area contributed by atoms with Crippen LogP contribution in [0.5, 0.6) is 0 Å². The number of pyridine rings is 1. The molecule has 1 aliphatic rings. The molecule has 0 spiro atoms. The van der Waals surface area contributed by atoms with E-state index in [1.165, 1.54) is 0 Å². The molecule has 2 heterocycles. The lowest BCUT2D eigenvalue weighted by atomic mass is 9.90. The Morgan fingerprint density at radius 2 is 2.40 bits per heavy atom. The maximum absolute atomic E-state index is 11.8. The molecule has 0 bridgehead atoms. The van der Waals surface area contributed by atoms with Gasteiger partial charge in [0.05, 0.1) is 5.56 Å². The largest absolute Gasteiger partial charge is 0.479 e. The Hall–Kier alpha value is -2.09. The number of aromatic nitrogens is 1. The minimum Gasteiger partial charge on any atom is -0.479 e. The van der Waals surface area contributed by atoms with Crippen LogP contribution in [0, 0.1) is 18.3 Å². The third-order valence-corrected chi connectivity index (χ3v) is 4.06. The molecule has 0 aromatic carbocycles. The first-order valence-electron chi connectivity index (χ1n) is 6.93. The summed E-state index contributed by atoms with van der Waals surface area (Å²) in [6.07, 6.45) is 4.42. The second kappa shape index (κ2) is 5.49. The molecular weight excluding hydrogens is 254 g/mol. The molecule has 1 unspecified atom stereocenters. The van der Waals surface area contributed by atoms with Crippen LogP contribution in [0.2, 0.25) is 0 Å². The van der Waals surface area contributed by atoms with Crippen molar-refractivity contribution in [1.29, 1.82) is 5.26 Å². The summed E-state index contributed by atoms with van der Waals surface area (Å²) in [5.41, 5.74) is 0.401. The highest BCUT2D eigenvalue weighted by Gasteiger charge is 2.48. The number of nitrogens with zero attached hydrogens (tertiary/aromatic N) is 3. The highest BCUT2D eigenvalue weighted by molar-refractivity contribution is 5.85. The number of carbonyl (C=O) groups is 1. The van der Waals surface area contributed by atoms with E-state index in [0.717, 1.165) is 18.4 Å². The van der Waals surface area contributed by atoms with Crippen LogP contribution in [-0.2, 0) is 4.79 Å². The van der Waals surface area contributed by atoms with E-state index >= 15 is 0 Å². The van der Waals surface area contributed by atoms with E-state index in [0.29, 0.717) is 30.8 Å². The fourth-order valence-corrected chi connectivity index (χ4v) is 3.08. The van der Waals surface area contributed by atoms with Crippen molar-refractivity contribution in [1.82, 2.24) is 4.98 Å². The zero-order valence-electron chi connectivity index (χ0n) is 11.9. The van der Waals surface area contributed by atoms with Gasteiger partial charge in [0.25, 0.3) is 0 Å². The van der Waals surface area contributed by atoms with E-state index in [2.05, 4.69) is 11.1 Å². The van der Waals surface area contributed by atoms with Crippen molar-refractivity contribution in [3.8, 4) is 6.07 Å². The first-order chi connectivity index (χ1) is 9.56. The van der Waals surface area contributed by atoms with Crippen LogP contribution in [0.15, 0.2) is 12.3 Å². The predicted molar refractivity (Wildman–Crippen MR) is 75.5 cm³/mol. The summed E-state index contributed by atoms with van der Waals surface area (Å²) in [6, 6.07) is 3.94. The number of aliphatic carboxylic acids is 1. The Bertz CT molecular complexity index is 565. The number of rotatable bonds is 4. The van der Waals surface area contributed by atoms with Crippen LogP contribution in [0.1, 0.15) is 43.7 Å². The van der Waals surface area contributed by atoms with Gasteiger partial charge in [0.2, 0.25) is 0 Å². The average molecular weight is 273 g/mol. The van der Waals surface area contributed by atoms with Gasteiger partial charge in [0, 0.05) is 12.7 Å². The van der Waals surface area contributed by atoms with Crippen molar-refractivity contribution in [2.24, 2.45) is 0 Å². The zero-order chi connectivity index (χ0) is 14.8. The molecule has 1 N–H and O–H groups in total. The maximum Gasteiger partial charge on any atom is 0.329 e. The lowest BCUT2D eigenvalue weighted by Crippen LogP contribution is -2.51. The number of nitriles is 1. The van der Waals surface area contributed by atoms with Crippen molar-refractivity contribution in [3.05, 3.63) is 23.4 Å². The number of carboxylic acid groups (broad SMARTS) is 1. The molecule has 1 saturated heterocycles. The monoisotopic (exact) mass is 273 g/mol. The van der Waals surface area contributed by atoms with Crippen LogP contribution in [0.25, 0.3) is 0 Å². The summed E-state index contributed by atoms with van der Waals surface area (Å²) in [5, 5.41) is 19.0. The van der Waals surface area contributed by atoms with Gasteiger partial charge in [-0.2, -0.15) is 5.26 Å². The molecule has 5 heteroatoms. The SMILES string of the molecule is CCCC1(C(=O)O)CCCN1c1nccc(C)c1C#N. The molecule has 1 aromatic heterocycles. The van der Waals surface area contributed by atoms with Crippen molar-refractivity contribution < 1.29 is 9.90 Å². The minimum atomic E-state index is -0.916. The third kappa shape index (κ3) is 2.11. The van der Waals surface area contributed by atoms with E-state index < -0.39 is 11.5 Å². The Morgan fingerprint density at radius 1 is 1.65 bits per heavy atom. The summed E-state index contributed by atoms with van der Waals surface area (Å²) in [6.45, 7) is 4.47. The van der Waals surface area contributed by atoms with Crippen LogP contribution >= 0.6 is 0 Å². The summed E-state index contributed by atoms with van der Waals surface area (Å²) in [5.74, 6) is -0.301. The second-order valence-electron chi connectivity index (χ2n) is 5.28. The van der Waals surface area contributed by atoms with E-state index in [4.69, 9.17) is 0 Å². The first kappa shape index (κ1) is 14.3. The standard InChI is InChI=1S/C15H19N3O2/c1-3-6-15(14(19)20)7-4-9-18(15)13-12(10-16)11(2)5-8-17-13/h5,8H,3-4,6-7,9H2,1-2H3,(H,19,20). The van der Waals surface area contributed by atoms with E-state index in [1.54, 1.807) is 12.3 Å². The van der Waals surface area contributed by atoms with Gasteiger partial charge in [-0.25, -0.2) is 9.78 Å². The summed E-state index contributed by atoms with van der Waals surface area (Å²) < 4.78 is 0. The minimum absolute atomic E-state index is 0.483. The molecule has 0 saturated carbocycles. The Morgan fingerprint density at radius 3 is 3.00 bits per heavy atom. The van der Waals surface area contributed by atoms with E-state index in [1.807, 2.05) is 18.7 Å². The van der Waals surface area contributed by atoms with E-state index in [9.17, 15) is 15.2 Å². The molecule has 20 heavy (non-hydrogen) atoms. The number of anilines is 1. The molecule has 2 rings (SSSR count). The van der Waals surface area contributed by atoms with Gasteiger partial charge < -0.3 is 10.0 Å². The number of carboxylic acids is 1. The van der Waals surface area contributed by atoms with Crippen molar-refractivity contribution in [2.75, 3.05) is 11.4 Å². The van der Waals surface area contributed by atoms with Crippen molar-refractivity contribution >= 4 is 11.8 Å². The van der Waals surface area contributed by atoms with Gasteiger partial charge in [-0.15, -0.1) is 0 Å². The van der Waals surface area contributed by atoms with Crippen LogP contribution < -0.4 is 4.90 Å². The molecule has 0 amide bonds. The molecule has 5 nitrogen and oxygen atoms in total. The molecule has 1 aliphatic heterocycles. The normalized spacial score (nSPS) is 21.8. The molecule has 1 fully saturated rings. The van der Waals surface area contributed by atoms with Crippen LogP contribution in [-0.4, -0.2) is 28.1 Å². The molecule has 1 aromatic rings. The quantitative estimate of drug-likeness (QED) is 0.912. The van der Waals surface area contributed by atoms with E-state index in [-0.39, 0.29) is 0 Å². The second-order valence-corrected chi connectivity index (χ2v) is 5.28. The number of hydrogen-bond donors (Lipinski definition) is 1. The molecule has 0 radical (unpaired) electrons. The topological polar surface area (TPSA) is 77.2 Å². The fraction of sp³-hybridized carbons (Fsp3) is 0.533. The third-order valence-electron chi connectivity index (χ3n) is 4.06. The van der Waals surface area contributed by atoms with Crippen LogP contribution in [0.4, 0.5) is 5.82 Å². The summed E-state index contributed by atoms with van der Waals surface area (Å²) in [4.78, 5) is 17.9. The van der Waals surface area contributed by atoms with Gasteiger partial charge in [-0.1, -0.05) is 13.3 Å². The average Bonchev–Trinajstić information content (AvgIpc) is 2.83. The van der Waals surface area contributed by atoms with Gasteiger partial charge in [-0.3, -0.25) is 0 Å². The van der Waals surface area contributed by atoms with Crippen molar-refractivity contribution in [2.45, 2.75) is 45.1 Å². The number of hydrogen-bond acceptors (Lipinski definition) is 4. The lowest BCUT2D eigenvalue weighted by Gasteiger charge is -2.36. The van der Waals surface area contributed by atoms with Gasteiger partial charge in [0.15, 0.2) is 0 Å². The Kier molecular flexibility index (Phi) is 3.93. The lowest BCUT2D eigenvalue weighted by molar-refractivity contribution is -0.143. The number of aryl methyl sites for hydroxylation is 1. The van der Waals surface area contributed by atoms with Crippen LogP contribution in [0.3, 0.4) is 0 Å². The molecule has 0 aliphatic carbocycles. The highest BCUT2D eigenvalue weighted by Crippen LogP contribution is 2.38. The maximum atomic E-state index is 11.8. The Balaban J connectivity index is 2.54.